The molecule has 1 aromatic rings. The molecule has 21 heavy (non-hydrogen) atoms. The van der Waals surface area contributed by atoms with Crippen molar-refractivity contribution in [1.82, 2.24) is 0 Å². The van der Waals surface area contributed by atoms with Crippen LogP contribution in [0.2, 0.25) is 0 Å². The van der Waals surface area contributed by atoms with Crippen molar-refractivity contribution in [1.29, 1.82) is 0 Å². The van der Waals surface area contributed by atoms with Crippen LogP contribution in [0.4, 0.5) is 5.69 Å². The molecule has 1 aromatic carbocycles. The van der Waals surface area contributed by atoms with Crippen LogP contribution in [0, 0.1) is 5.92 Å². The number of hydrogen-bond donors (Lipinski definition) is 1. The average Bonchev–Trinajstić information content (AvgIpc) is 2.51. The Kier molecular flexibility index (Phi) is 6.59. The highest BCUT2D eigenvalue weighted by molar-refractivity contribution is 5.52. The fourth-order valence-electron chi connectivity index (χ4n) is 2.67. The number of benzene rings is 1. The molecule has 0 bridgehead atoms. The van der Waals surface area contributed by atoms with Gasteiger partial charge in [-0.25, -0.2) is 0 Å². The molecule has 0 saturated carbocycles. The van der Waals surface area contributed by atoms with Crippen LogP contribution in [-0.4, -0.2) is 0 Å². The third-order valence-electron chi connectivity index (χ3n) is 4.13. The fraction of sp³-hybridized carbons (Fsp3) is 0.500. The SMILES string of the molecule is CCCCCCCc1ccc(NC2=CCC(C)C=C2)cc1. The van der Waals surface area contributed by atoms with Crippen molar-refractivity contribution in [3.63, 3.8) is 0 Å². The molecule has 0 amide bonds. The maximum atomic E-state index is 3.49. The lowest BCUT2D eigenvalue weighted by molar-refractivity contribution is 0.632. The van der Waals surface area contributed by atoms with Crippen molar-refractivity contribution >= 4 is 5.69 Å². The standard InChI is InChI=1S/C20H29N/c1-3-4-5-6-7-8-18-11-15-20(16-12-18)21-19-13-9-17(2)10-14-19/h9,11-17,21H,3-8,10H2,1-2H3. The van der Waals surface area contributed by atoms with Crippen LogP contribution in [0.1, 0.15) is 57.9 Å². The van der Waals surface area contributed by atoms with Gasteiger partial charge >= 0.3 is 0 Å². The third-order valence-corrected chi connectivity index (χ3v) is 4.13. The van der Waals surface area contributed by atoms with Gasteiger partial charge < -0.3 is 5.32 Å². The monoisotopic (exact) mass is 283 g/mol. The largest absolute Gasteiger partial charge is 0.356 e. The van der Waals surface area contributed by atoms with Crippen molar-refractivity contribution in [3.8, 4) is 0 Å². The normalized spacial score (nSPS) is 17.6. The van der Waals surface area contributed by atoms with Crippen molar-refractivity contribution in [2.24, 2.45) is 5.92 Å². The molecule has 1 aliphatic carbocycles. The van der Waals surface area contributed by atoms with Gasteiger partial charge in [-0.3, -0.25) is 0 Å². The van der Waals surface area contributed by atoms with Crippen LogP contribution in [-0.2, 0) is 6.42 Å². The van der Waals surface area contributed by atoms with Crippen LogP contribution in [0.5, 0.6) is 0 Å². The van der Waals surface area contributed by atoms with Crippen LogP contribution < -0.4 is 5.32 Å². The van der Waals surface area contributed by atoms with E-state index in [4.69, 9.17) is 0 Å². The first kappa shape index (κ1) is 15.9. The Morgan fingerprint density at radius 2 is 1.81 bits per heavy atom. The zero-order valence-corrected chi connectivity index (χ0v) is 13.6. The van der Waals surface area contributed by atoms with Gasteiger partial charge in [0.15, 0.2) is 0 Å². The van der Waals surface area contributed by atoms with Crippen LogP contribution >= 0.6 is 0 Å². The highest BCUT2D eigenvalue weighted by Crippen LogP contribution is 2.19. The first-order valence-electron chi connectivity index (χ1n) is 8.52. The van der Waals surface area contributed by atoms with Crippen LogP contribution in [0.3, 0.4) is 0 Å². The van der Waals surface area contributed by atoms with E-state index in [2.05, 4.69) is 61.7 Å². The van der Waals surface area contributed by atoms with Crippen LogP contribution in [0.15, 0.2) is 48.2 Å². The van der Waals surface area contributed by atoms with Crippen molar-refractivity contribution in [2.45, 2.75) is 58.8 Å². The summed E-state index contributed by atoms with van der Waals surface area (Å²) in [6, 6.07) is 8.93. The van der Waals surface area contributed by atoms with E-state index in [9.17, 15) is 0 Å². The molecular formula is C20H29N. The second kappa shape index (κ2) is 8.71. The molecular weight excluding hydrogens is 254 g/mol. The van der Waals surface area contributed by atoms with Gasteiger partial charge in [0.2, 0.25) is 0 Å². The predicted octanol–water partition coefficient (Wildman–Crippen LogP) is 6.09. The Morgan fingerprint density at radius 1 is 1.05 bits per heavy atom. The lowest BCUT2D eigenvalue weighted by atomic mass is 10.0. The lowest BCUT2D eigenvalue weighted by Gasteiger charge is -2.14. The minimum absolute atomic E-state index is 0.672. The lowest BCUT2D eigenvalue weighted by Crippen LogP contribution is -2.02. The second-order valence-corrected chi connectivity index (χ2v) is 6.22. The van der Waals surface area contributed by atoms with E-state index in [1.807, 2.05) is 0 Å². The Morgan fingerprint density at radius 3 is 2.48 bits per heavy atom. The molecule has 0 heterocycles. The van der Waals surface area contributed by atoms with E-state index in [-0.39, 0.29) is 0 Å². The summed E-state index contributed by atoms with van der Waals surface area (Å²) in [6.07, 6.45) is 15.9. The van der Waals surface area contributed by atoms with E-state index < -0.39 is 0 Å². The van der Waals surface area contributed by atoms with E-state index in [1.165, 1.54) is 55.5 Å². The molecule has 1 atom stereocenters. The quantitative estimate of drug-likeness (QED) is 0.569. The Balaban J connectivity index is 1.75. The number of hydrogen-bond acceptors (Lipinski definition) is 1. The molecule has 1 aliphatic rings. The Labute approximate surface area is 130 Å². The number of unbranched alkanes of at least 4 members (excludes halogenated alkanes) is 4. The van der Waals surface area contributed by atoms with Gasteiger partial charge in [-0.15, -0.1) is 0 Å². The summed E-state index contributed by atoms with van der Waals surface area (Å²) in [5.74, 6) is 0.672. The summed E-state index contributed by atoms with van der Waals surface area (Å²) in [7, 11) is 0. The molecule has 114 valence electrons. The molecule has 1 heteroatoms. The molecule has 1 nitrogen and oxygen atoms in total. The summed E-state index contributed by atoms with van der Waals surface area (Å²) < 4.78 is 0. The maximum absolute atomic E-state index is 3.49. The van der Waals surface area contributed by atoms with Gasteiger partial charge in [-0.2, -0.15) is 0 Å². The zero-order valence-electron chi connectivity index (χ0n) is 13.6. The topological polar surface area (TPSA) is 12.0 Å². The van der Waals surface area contributed by atoms with Gasteiger partial charge in [0, 0.05) is 11.4 Å². The molecule has 0 aliphatic heterocycles. The molecule has 0 saturated heterocycles. The molecule has 0 aromatic heterocycles. The van der Waals surface area contributed by atoms with Crippen molar-refractivity contribution < 1.29 is 0 Å². The molecule has 0 spiro atoms. The maximum Gasteiger partial charge on any atom is 0.0384 e. The van der Waals surface area contributed by atoms with E-state index in [1.54, 1.807) is 0 Å². The number of aryl methyl sites for hydroxylation is 1. The Hall–Kier alpha value is -1.50. The molecule has 2 rings (SSSR count). The number of nitrogens with one attached hydrogen (secondary N) is 1. The zero-order chi connectivity index (χ0) is 14.9. The predicted molar refractivity (Wildman–Crippen MR) is 93.5 cm³/mol. The smallest absolute Gasteiger partial charge is 0.0384 e. The first-order valence-corrected chi connectivity index (χ1v) is 8.52. The van der Waals surface area contributed by atoms with Gasteiger partial charge in [0.05, 0.1) is 0 Å². The van der Waals surface area contributed by atoms with E-state index in [0.29, 0.717) is 5.92 Å². The van der Waals surface area contributed by atoms with Gasteiger partial charge in [-0.05, 0) is 49.0 Å². The summed E-state index contributed by atoms with van der Waals surface area (Å²) >= 11 is 0. The van der Waals surface area contributed by atoms with Crippen molar-refractivity contribution in [2.75, 3.05) is 5.32 Å². The fourth-order valence-corrected chi connectivity index (χ4v) is 2.67. The van der Waals surface area contributed by atoms with Gasteiger partial charge in [0.25, 0.3) is 0 Å². The Bertz CT molecular complexity index is 467. The van der Waals surface area contributed by atoms with Gasteiger partial charge in [0.1, 0.15) is 0 Å². The third kappa shape index (κ3) is 5.79. The molecule has 0 fully saturated rings. The molecule has 0 radical (unpaired) electrons. The second-order valence-electron chi connectivity index (χ2n) is 6.22. The summed E-state index contributed by atoms with van der Waals surface area (Å²) in [4.78, 5) is 0. The summed E-state index contributed by atoms with van der Waals surface area (Å²) in [5.41, 5.74) is 3.87. The number of allylic oxidation sites excluding steroid dienone is 3. The first-order chi connectivity index (χ1) is 10.3. The molecule has 1 N–H and O–H groups in total. The average molecular weight is 283 g/mol. The van der Waals surface area contributed by atoms with Crippen LogP contribution in [0.25, 0.3) is 0 Å². The van der Waals surface area contributed by atoms with E-state index in [0.717, 1.165) is 6.42 Å². The highest BCUT2D eigenvalue weighted by atomic mass is 14.9. The molecule has 1 unspecified atom stereocenters. The minimum Gasteiger partial charge on any atom is -0.356 e. The summed E-state index contributed by atoms with van der Waals surface area (Å²) in [5, 5.41) is 3.49. The number of anilines is 1. The summed E-state index contributed by atoms with van der Waals surface area (Å²) in [6.45, 7) is 4.52. The van der Waals surface area contributed by atoms with Crippen molar-refractivity contribution in [3.05, 3.63) is 53.8 Å². The highest BCUT2D eigenvalue weighted by Gasteiger charge is 2.03. The minimum atomic E-state index is 0.672. The number of rotatable bonds is 8. The van der Waals surface area contributed by atoms with Gasteiger partial charge in [-0.1, -0.05) is 63.8 Å². The van der Waals surface area contributed by atoms with E-state index >= 15 is 0 Å².